The highest BCUT2D eigenvalue weighted by molar-refractivity contribution is 9.10. The van der Waals surface area contributed by atoms with Crippen molar-refractivity contribution in [3.8, 4) is 5.88 Å². The standard InChI is InChI=1S/C12H11BrN4O3/c1-20-11-4-8(2-3-14-11)6-15-12-10(13)5-9(7-16-12)17(18)19/h2-5,7H,6H2,1H3,(H,15,16). The van der Waals surface area contributed by atoms with Crippen LogP contribution >= 0.6 is 15.9 Å². The molecule has 2 rings (SSSR count). The van der Waals surface area contributed by atoms with Gasteiger partial charge in [-0.1, -0.05) is 0 Å². The number of nitrogens with zero attached hydrogens (tertiary/aromatic N) is 3. The summed E-state index contributed by atoms with van der Waals surface area (Å²) in [6.45, 7) is 0.502. The monoisotopic (exact) mass is 338 g/mol. The van der Waals surface area contributed by atoms with Crippen molar-refractivity contribution in [1.29, 1.82) is 0 Å². The summed E-state index contributed by atoms with van der Waals surface area (Å²) < 4.78 is 5.57. The lowest BCUT2D eigenvalue weighted by Gasteiger charge is -2.08. The van der Waals surface area contributed by atoms with E-state index in [4.69, 9.17) is 4.74 Å². The summed E-state index contributed by atoms with van der Waals surface area (Å²) >= 11 is 3.25. The van der Waals surface area contributed by atoms with E-state index in [1.165, 1.54) is 12.3 Å². The minimum Gasteiger partial charge on any atom is -0.481 e. The molecule has 0 saturated heterocycles. The highest BCUT2D eigenvalue weighted by atomic mass is 79.9. The Hall–Kier alpha value is -2.22. The van der Waals surface area contributed by atoms with Gasteiger partial charge in [0.05, 0.1) is 16.5 Å². The average Bonchev–Trinajstić information content (AvgIpc) is 2.46. The van der Waals surface area contributed by atoms with Crippen molar-refractivity contribution < 1.29 is 9.66 Å². The molecule has 7 nitrogen and oxygen atoms in total. The quantitative estimate of drug-likeness (QED) is 0.665. The van der Waals surface area contributed by atoms with Gasteiger partial charge in [-0.15, -0.1) is 0 Å². The molecular formula is C12H11BrN4O3. The normalized spacial score (nSPS) is 10.1. The molecule has 0 amide bonds. The number of halogens is 1. The molecule has 0 aliphatic carbocycles. The second-order valence-electron chi connectivity index (χ2n) is 3.84. The molecule has 8 heteroatoms. The van der Waals surface area contributed by atoms with E-state index < -0.39 is 4.92 Å². The molecule has 20 heavy (non-hydrogen) atoms. The smallest absolute Gasteiger partial charge is 0.288 e. The lowest BCUT2D eigenvalue weighted by atomic mass is 10.2. The molecule has 0 unspecified atom stereocenters. The second-order valence-corrected chi connectivity index (χ2v) is 4.70. The van der Waals surface area contributed by atoms with Crippen LogP contribution in [0, 0.1) is 10.1 Å². The summed E-state index contributed by atoms with van der Waals surface area (Å²) in [5, 5.41) is 13.7. The van der Waals surface area contributed by atoms with E-state index in [1.807, 2.05) is 6.07 Å². The maximum Gasteiger partial charge on any atom is 0.288 e. The Balaban J connectivity index is 2.08. The summed E-state index contributed by atoms with van der Waals surface area (Å²) in [7, 11) is 1.55. The zero-order valence-electron chi connectivity index (χ0n) is 10.5. The van der Waals surface area contributed by atoms with Gasteiger partial charge >= 0.3 is 0 Å². The topological polar surface area (TPSA) is 90.2 Å². The third-order valence-corrected chi connectivity index (χ3v) is 3.11. The predicted molar refractivity (Wildman–Crippen MR) is 76.7 cm³/mol. The average molecular weight is 339 g/mol. The van der Waals surface area contributed by atoms with Crippen LogP contribution < -0.4 is 10.1 Å². The number of pyridine rings is 2. The molecule has 2 aromatic rings. The molecule has 104 valence electrons. The van der Waals surface area contributed by atoms with Gasteiger partial charge in [0.15, 0.2) is 0 Å². The number of nitrogens with one attached hydrogen (secondary N) is 1. The highest BCUT2D eigenvalue weighted by Crippen LogP contribution is 2.24. The third-order valence-electron chi connectivity index (χ3n) is 2.51. The van der Waals surface area contributed by atoms with Gasteiger partial charge in [-0.25, -0.2) is 9.97 Å². The zero-order valence-corrected chi connectivity index (χ0v) is 12.1. The number of methoxy groups -OCH3 is 1. The van der Waals surface area contributed by atoms with Gasteiger partial charge in [-0.05, 0) is 27.6 Å². The van der Waals surface area contributed by atoms with Crippen LogP contribution in [-0.2, 0) is 6.54 Å². The lowest BCUT2D eigenvalue weighted by molar-refractivity contribution is -0.385. The summed E-state index contributed by atoms with van der Waals surface area (Å²) in [5.74, 6) is 1.06. The molecule has 0 saturated carbocycles. The molecule has 0 spiro atoms. The molecule has 0 aliphatic rings. The summed E-state index contributed by atoms with van der Waals surface area (Å²) in [4.78, 5) is 18.1. The first-order valence-corrected chi connectivity index (χ1v) is 6.42. The number of hydrogen-bond acceptors (Lipinski definition) is 6. The van der Waals surface area contributed by atoms with Gasteiger partial charge in [0.25, 0.3) is 5.69 Å². The van der Waals surface area contributed by atoms with Crippen molar-refractivity contribution in [3.63, 3.8) is 0 Å². The van der Waals surface area contributed by atoms with Crippen LogP contribution in [0.2, 0.25) is 0 Å². The summed E-state index contributed by atoms with van der Waals surface area (Å²) in [5.41, 5.74) is 0.900. The predicted octanol–water partition coefficient (Wildman–Crippen LogP) is 2.77. The van der Waals surface area contributed by atoms with Crippen molar-refractivity contribution in [1.82, 2.24) is 9.97 Å². The Morgan fingerprint density at radius 2 is 2.25 bits per heavy atom. The molecule has 0 atom stereocenters. The Labute approximate surface area is 123 Å². The summed E-state index contributed by atoms with van der Waals surface area (Å²) in [6, 6.07) is 5.05. The number of nitro groups is 1. The number of aromatic nitrogens is 2. The van der Waals surface area contributed by atoms with Gasteiger partial charge in [-0.2, -0.15) is 0 Å². The summed E-state index contributed by atoms with van der Waals surface area (Å²) in [6.07, 6.45) is 2.86. The largest absolute Gasteiger partial charge is 0.481 e. The van der Waals surface area contributed by atoms with E-state index >= 15 is 0 Å². The zero-order chi connectivity index (χ0) is 14.5. The van der Waals surface area contributed by atoms with E-state index in [0.717, 1.165) is 5.56 Å². The fourth-order valence-electron chi connectivity index (χ4n) is 1.52. The number of rotatable bonds is 5. The third kappa shape index (κ3) is 3.41. The first kappa shape index (κ1) is 14.2. The van der Waals surface area contributed by atoms with Crippen molar-refractivity contribution in [2.75, 3.05) is 12.4 Å². The maximum atomic E-state index is 10.6. The SMILES string of the molecule is COc1cc(CNc2ncc([N+](=O)[O-])cc2Br)ccn1. The second kappa shape index (κ2) is 6.29. The molecule has 0 bridgehead atoms. The molecule has 2 aromatic heterocycles. The van der Waals surface area contributed by atoms with Crippen molar-refractivity contribution in [3.05, 3.63) is 50.7 Å². The van der Waals surface area contributed by atoms with Gasteiger partial charge < -0.3 is 10.1 Å². The fraction of sp³-hybridized carbons (Fsp3) is 0.167. The minimum atomic E-state index is -0.491. The number of hydrogen-bond donors (Lipinski definition) is 1. The van der Waals surface area contributed by atoms with Gasteiger partial charge in [-0.3, -0.25) is 10.1 Å². The lowest BCUT2D eigenvalue weighted by Crippen LogP contribution is -2.03. The Kier molecular flexibility index (Phi) is 4.46. The Bertz CT molecular complexity index is 636. The molecule has 0 aromatic carbocycles. The minimum absolute atomic E-state index is 0.0620. The van der Waals surface area contributed by atoms with Gasteiger partial charge in [0.2, 0.25) is 5.88 Å². The Morgan fingerprint density at radius 1 is 1.45 bits per heavy atom. The molecular weight excluding hydrogens is 328 g/mol. The molecule has 1 N–H and O–H groups in total. The maximum absolute atomic E-state index is 10.6. The van der Waals surface area contributed by atoms with E-state index in [0.29, 0.717) is 22.7 Å². The van der Waals surface area contributed by atoms with E-state index in [2.05, 4.69) is 31.2 Å². The number of anilines is 1. The van der Waals surface area contributed by atoms with Gasteiger partial charge in [0, 0.05) is 24.9 Å². The first-order valence-electron chi connectivity index (χ1n) is 5.63. The van der Waals surface area contributed by atoms with Crippen LogP contribution in [0.4, 0.5) is 11.5 Å². The van der Waals surface area contributed by atoms with Gasteiger partial charge in [0.1, 0.15) is 12.0 Å². The molecule has 0 radical (unpaired) electrons. The van der Waals surface area contributed by atoms with E-state index in [-0.39, 0.29) is 5.69 Å². The van der Waals surface area contributed by atoms with Crippen LogP contribution in [0.5, 0.6) is 5.88 Å². The fourth-order valence-corrected chi connectivity index (χ4v) is 1.99. The Morgan fingerprint density at radius 3 is 2.90 bits per heavy atom. The number of ether oxygens (including phenoxy) is 1. The first-order chi connectivity index (χ1) is 9.60. The van der Waals surface area contributed by atoms with E-state index in [9.17, 15) is 10.1 Å². The van der Waals surface area contributed by atoms with Crippen molar-refractivity contribution in [2.45, 2.75) is 6.54 Å². The van der Waals surface area contributed by atoms with Crippen LogP contribution in [0.1, 0.15) is 5.56 Å². The van der Waals surface area contributed by atoms with Crippen molar-refractivity contribution in [2.24, 2.45) is 0 Å². The van der Waals surface area contributed by atoms with Crippen molar-refractivity contribution >= 4 is 27.4 Å². The molecule has 0 fully saturated rings. The highest BCUT2D eigenvalue weighted by Gasteiger charge is 2.10. The van der Waals surface area contributed by atoms with Crippen LogP contribution in [0.15, 0.2) is 35.1 Å². The molecule has 0 aliphatic heterocycles. The van der Waals surface area contributed by atoms with E-state index in [1.54, 1.807) is 19.4 Å². The van der Waals surface area contributed by atoms with Crippen LogP contribution in [-0.4, -0.2) is 22.0 Å². The molecule has 2 heterocycles. The van der Waals surface area contributed by atoms with Crippen LogP contribution in [0.25, 0.3) is 0 Å². The van der Waals surface area contributed by atoms with Crippen LogP contribution in [0.3, 0.4) is 0 Å².